The van der Waals surface area contributed by atoms with Gasteiger partial charge in [-0.3, -0.25) is 4.79 Å². The molecule has 6 atom stereocenters. The van der Waals surface area contributed by atoms with Crippen LogP contribution in [0.2, 0.25) is 0 Å². The number of quaternary nitrogens is 1. The zero-order chi connectivity index (χ0) is 18.9. The Balaban J connectivity index is 1.56. The molecule has 0 spiro atoms. The quantitative estimate of drug-likeness (QED) is 0.548. The Kier molecular flexibility index (Phi) is 6.16. The minimum Gasteiger partial charge on any atom is -0.462 e. The first-order valence-corrected chi connectivity index (χ1v) is 11.0. The van der Waals surface area contributed by atoms with Crippen molar-refractivity contribution in [3.63, 3.8) is 0 Å². The van der Waals surface area contributed by atoms with Gasteiger partial charge in [0.2, 0.25) is 0 Å². The molecule has 0 amide bonds. The third-order valence-electron chi connectivity index (χ3n) is 7.55. The van der Waals surface area contributed by atoms with Gasteiger partial charge in [-0.2, -0.15) is 0 Å². The highest BCUT2D eigenvalue weighted by molar-refractivity contribution is 5.75. The van der Waals surface area contributed by atoms with Crippen LogP contribution >= 0.6 is 0 Å². The summed E-state index contributed by atoms with van der Waals surface area (Å²) in [4.78, 5) is 12.6. The number of rotatable bonds is 7. The lowest BCUT2D eigenvalue weighted by atomic mass is 9.55. The number of ether oxygens (including phenoxy) is 1. The molecule has 0 radical (unpaired) electrons. The van der Waals surface area contributed by atoms with E-state index in [0.717, 1.165) is 25.3 Å². The Morgan fingerprint density at radius 1 is 1.31 bits per heavy atom. The summed E-state index contributed by atoms with van der Waals surface area (Å²) in [5, 5.41) is 2.40. The Morgan fingerprint density at radius 3 is 2.81 bits per heavy atom. The second kappa shape index (κ2) is 8.04. The summed E-state index contributed by atoms with van der Waals surface area (Å²) < 4.78 is 5.88. The first kappa shape index (κ1) is 19.9. The largest absolute Gasteiger partial charge is 0.462 e. The second-order valence-corrected chi connectivity index (χ2v) is 10.2. The van der Waals surface area contributed by atoms with E-state index < -0.39 is 0 Å². The molecule has 1 saturated heterocycles. The van der Waals surface area contributed by atoms with Gasteiger partial charge in [0.1, 0.15) is 12.0 Å². The molecular formula is C23H40NO2+. The number of carbonyl (C=O) groups excluding carboxylic acids is 1. The molecule has 148 valence electrons. The topological polar surface area (TPSA) is 42.9 Å². The summed E-state index contributed by atoms with van der Waals surface area (Å²) in [6.45, 7) is 14.6. The standard InChI is InChI=1S/C23H39NO2/c1-15(2)8-6-10-17(4)24-14-19-18-12-20-16(3)9-7-11-23(20,5)13-21(18)26-22(19)25/h15,17-21,24H,3,6-14H2,1-2,4-5H3/p+1/t17-,18+,19-,20+,21-,23-/m0/s1. The second-order valence-electron chi connectivity index (χ2n) is 10.2. The van der Waals surface area contributed by atoms with Crippen LogP contribution in [0, 0.1) is 29.1 Å². The van der Waals surface area contributed by atoms with E-state index in [1.54, 1.807) is 0 Å². The van der Waals surface area contributed by atoms with Crippen LogP contribution in [-0.4, -0.2) is 24.7 Å². The lowest BCUT2D eigenvalue weighted by molar-refractivity contribution is -0.690. The summed E-state index contributed by atoms with van der Waals surface area (Å²) in [5.41, 5.74) is 1.74. The predicted molar refractivity (Wildman–Crippen MR) is 106 cm³/mol. The molecule has 3 fully saturated rings. The third kappa shape index (κ3) is 4.18. The van der Waals surface area contributed by atoms with Crippen molar-refractivity contribution in [2.45, 2.75) is 91.2 Å². The minimum atomic E-state index is 0.0680. The fourth-order valence-electron chi connectivity index (χ4n) is 5.87. The normalized spacial score (nSPS) is 38.0. The summed E-state index contributed by atoms with van der Waals surface area (Å²) >= 11 is 0. The Bertz CT molecular complexity index is 528. The summed E-state index contributed by atoms with van der Waals surface area (Å²) in [7, 11) is 0. The molecule has 0 aromatic carbocycles. The highest BCUT2D eigenvalue weighted by Gasteiger charge is 2.55. The van der Waals surface area contributed by atoms with Gasteiger partial charge in [-0.05, 0) is 69.1 Å². The number of hydrogen-bond acceptors (Lipinski definition) is 2. The van der Waals surface area contributed by atoms with Crippen LogP contribution in [-0.2, 0) is 9.53 Å². The van der Waals surface area contributed by atoms with Crippen LogP contribution in [0.15, 0.2) is 12.2 Å². The first-order chi connectivity index (χ1) is 12.3. The summed E-state index contributed by atoms with van der Waals surface area (Å²) in [5.74, 6) is 1.95. The number of hydrogen-bond donors (Lipinski definition) is 1. The number of esters is 1. The van der Waals surface area contributed by atoms with E-state index in [1.807, 2.05) is 0 Å². The molecule has 0 aromatic rings. The fraction of sp³-hybridized carbons (Fsp3) is 0.870. The van der Waals surface area contributed by atoms with E-state index in [9.17, 15) is 4.79 Å². The lowest BCUT2D eigenvalue weighted by Gasteiger charge is -2.49. The van der Waals surface area contributed by atoms with E-state index in [0.29, 0.717) is 23.3 Å². The van der Waals surface area contributed by atoms with Gasteiger partial charge in [-0.25, -0.2) is 0 Å². The van der Waals surface area contributed by atoms with Crippen LogP contribution in [0.5, 0.6) is 0 Å². The van der Waals surface area contributed by atoms with Crippen molar-refractivity contribution in [1.82, 2.24) is 0 Å². The summed E-state index contributed by atoms with van der Waals surface area (Å²) in [6.07, 6.45) is 9.85. The average molecular weight is 363 g/mol. The molecule has 3 rings (SSSR count). The lowest BCUT2D eigenvalue weighted by Crippen LogP contribution is -2.90. The Hall–Kier alpha value is -0.830. The molecular weight excluding hydrogens is 322 g/mol. The highest BCUT2D eigenvalue weighted by Crippen LogP contribution is 2.56. The van der Waals surface area contributed by atoms with Gasteiger partial charge in [-0.15, -0.1) is 0 Å². The number of nitrogens with two attached hydrogens (primary N) is 1. The van der Waals surface area contributed by atoms with Gasteiger partial charge in [0.15, 0.2) is 0 Å². The average Bonchev–Trinajstić information content (AvgIpc) is 2.84. The van der Waals surface area contributed by atoms with Gasteiger partial charge < -0.3 is 10.1 Å². The summed E-state index contributed by atoms with van der Waals surface area (Å²) in [6, 6.07) is 0.596. The first-order valence-electron chi connectivity index (χ1n) is 11.0. The fourth-order valence-corrected chi connectivity index (χ4v) is 5.87. The SMILES string of the molecule is C=C1CCC[C@@]2(C)C[C@@H]3OC(=O)[C@@H](C[NH2+][C@@H](C)CCCC(C)C)[C@H]3C[C@H]12. The van der Waals surface area contributed by atoms with Gasteiger partial charge in [0, 0.05) is 5.92 Å². The van der Waals surface area contributed by atoms with Crippen molar-refractivity contribution in [3.05, 3.63) is 12.2 Å². The zero-order valence-corrected chi connectivity index (χ0v) is 17.4. The van der Waals surface area contributed by atoms with Gasteiger partial charge in [0.25, 0.3) is 0 Å². The van der Waals surface area contributed by atoms with Crippen molar-refractivity contribution in [2.75, 3.05) is 6.54 Å². The minimum absolute atomic E-state index is 0.0680. The predicted octanol–water partition coefficient (Wildman–Crippen LogP) is 4.08. The van der Waals surface area contributed by atoms with E-state index >= 15 is 0 Å². The molecule has 3 heteroatoms. The van der Waals surface area contributed by atoms with Crippen LogP contribution in [0.25, 0.3) is 0 Å². The Morgan fingerprint density at radius 2 is 2.08 bits per heavy atom. The molecule has 3 aliphatic rings. The molecule has 0 bridgehead atoms. The maximum atomic E-state index is 12.6. The number of fused-ring (bicyclic) bond motifs is 2. The molecule has 1 aliphatic heterocycles. The number of allylic oxidation sites excluding steroid dienone is 1. The molecule has 0 aromatic heterocycles. The van der Waals surface area contributed by atoms with Crippen molar-refractivity contribution in [3.8, 4) is 0 Å². The smallest absolute Gasteiger partial charge is 0.315 e. The van der Waals surface area contributed by atoms with E-state index in [-0.39, 0.29) is 18.0 Å². The molecule has 3 nitrogen and oxygen atoms in total. The van der Waals surface area contributed by atoms with Crippen molar-refractivity contribution in [1.29, 1.82) is 0 Å². The molecule has 2 aliphatic carbocycles. The van der Waals surface area contributed by atoms with Gasteiger partial charge in [0.05, 0.1) is 12.6 Å². The van der Waals surface area contributed by atoms with Crippen LogP contribution in [0.1, 0.15) is 79.1 Å². The maximum absolute atomic E-state index is 12.6. The highest BCUT2D eigenvalue weighted by atomic mass is 16.6. The monoisotopic (exact) mass is 362 g/mol. The molecule has 2 saturated carbocycles. The molecule has 26 heavy (non-hydrogen) atoms. The van der Waals surface area contributed by atoms with Crippen molar-refractivity contribution >= 4 is 5.97 Å². The van der Waals surface area contributed by atoms with E-state index in [2.05, 4.69) is 39.6 Å². The maximum Gasteiger partial charge on any atom is 0.315 e. The van der Waals surface area contributed by atoms with Gasteiger partial charge >= 0.3 is 5.97 Å². The third-order valence-corrected chi connectivity index (χ3v) is 7.55. The Labute approximate surface area is 160 Å². The van der Waals surface area contributed by atoms with E-state index in [1.165, 1.54) is 44.1 Å². The zero-order valence-electron chi connectivity index (χ0n) is 17.4. The van der Waals surface area contributed by atoms with Crippen LogP contribution in [0.4, 0.5) is 0 Å². The molecule has 0 unspecified atom stereocenters. The van der Waals surface area contributed by atoms with Crippen molar-refractivity contribution < 1.29 is 14.8 Å². The van der Waals surface area contributed by atoms with E-state index in [4.69, 9.17) is 4.74 Å². The number of carbonyl (C=O) groups is 1. The molecule has 2 N–H and O–H groups in total. The van der Waals surface area contributed by atoms with Crippen molar-refractivity contribution in [2.24, 2.45) is 29.1 Å². The van der Waals surface area contributed by atoms with Crippen LogP contribution in [0.3, 0.4) is 0 Å². The van der Waals surface area contributed by atoms with Gasteiger partial charge in [-0.1, -0.05) is 39.3 Å². The molecule has 1 heterocycles. The van der Waals surface area contributed by atoms with Crippen LogP contribution < -0.4 is 5.32 Å².